The molecule has 0 atom stereocenters. The zero-order valence-corrected chi connectivity index (χ0v) is 11.0. The lowest BCUT2D eigenvalue weighted by Gasteiger charge is -2.05. The van der Waals surface area contributed by atoms with Crippen LogP contribution in [-0.4, -0.2) is 22.8 Å². The molecule has 104 valence electrons. The molecule has 0 aromatic heterocycles. The van der Waals surface area contributed by atoms with Crippen LogP contribution in [-0.2, 0) is 11.2 Å². The second kappa shape index (κ2) is 6.61. The molecule has 0 bridgehead atoms. The largest absolute Gasteiger partial charge is 0.508 e. The van der Waals surface area contributed by atoms with Crippen LogP contribution in [0.1, 0.15) is 22.3 Å². The molecule has 2 aromatic rings. The topological polar surface area (TPSA) is 66.8 Å². The Kier molecular flexibility index (Phi) is 4.60. The molecule has 0 aliphatic rings. The Bertz CT molecular complexity index is 558. The van der Waals surface area contributed by atoms with Crippen LogP contribution < -0.4 is 0 Å². The highest BCUT2D eigenvalue weighted by Gasteiger charge is 2.06. The van der Waals surface area contributed by atoms with Crippen LogP contribution in [0.4, 0.5) is 0 Å². The van der Waals surface area contributed by atoms with E-state index in [1.54, 1.807) is 12.1 Å². The molecule has 0 saturated carbocycles. The second-order valence-corrected chi connectivity index (χ2v) is 4.45. The van der Waals surface area contributed by atoms with Crippen molar-refractivity contribution >= 4 is 5.97 Å². The minimum atomic E-state index is -0.393. The number of carbonyl (C=O) groups is 1. The van der Waals surface area contributed by atoms with E-state index >= 15 is 0 Å². The number of ether oxygens (including phenoxy) is 1. The van der Waals surface area contributed by atoms with E-state index in [0.29, 0.717) is 18.6 Å². The third-order valence-corrected chi connectivity index (χ3v) is 2.88. The van der Waals surface area contributed by atoms with Gasteiger partial charge in [0.05, 0.1) is 12.2 Å². The third kappa shape index (κ3) is 4.02. The minimum Gasteiger partial charge on any atom is -0.508 e. The molecular formula is C16H16O4. The van der Waals surface area contributed by atoms with E-state index in [1.165, 1.54) is 24.3 Å². The van der Waals surface area contributed by atoms with Crippen molar-refractivity contribution in [2.75, 3.05) is 6.61 Å². The van der Waals surface area contributed by atoms with Crippen molar-refractivity contribution < 1.29 is 19.7 Å². The maximum absolute atomic E-state index is 11.7. The molecular weight excluding hydrogens is 256 g/mol. The van der Waals surface area contributed by atoms with E-state index in [-0.39, 0.29) is 11.5 Å². The molecule has 0 aliphatic carbocycles. The van der Waals surface area contributed by atoms with Gasteiger partial charge in [-0.15, -0.1) is 0 Å². The van der Waals surface area contributed by atoms with Gasteiger partial charge in [0, 0.05) is 0 Å². The van der Waals surface area contributed by atoms with Crippen LogP contribution in [0.2, 0.25) is 0 Å². The predicted molar refractivity (Wildman–Crippen MR) is 74.8 cm³/mol. The summed E-state index contributed by atoms with van der Waals surface area (Å²) in [5, 5.41) is 18.3. The van der Waals surface area contributed by atoms with Gasteiger partial charge in [-0.3, -0.25) is 0 Å². The van der Waals surface area contributed by atoms with Crippen LogP contribution in [0.15, 0.2) is 48.5 Å². The van der Waals surface area contributed by atoms with E-state index in [4.69, 9.17) is 14.9 Å². The number of phenols is 2. The van der Waals surface area contributed by atoms with Crippen molar-refractivity contribution in [2.45, 2.75) is 12.8 Å². The molecule has 0 spiro atoms. The second-order valence-electron chi connectivity index (χ2n) is 4.45. The number of hydrogen-bond acceptors (Lipinski definition) is 4. The van der Waals surface area contributed by atoms with Gasteiger partial charge in [0.1, 0.15) is 11.5 Å². The normalized spacial score (nSPS) is 10.2. The van der Waals surface area contributed by atoms with E-state index < -0.39 is 5.97 Å². The third-order valence-electron chi connectivity index (χ3n) is 2.88. The van der Waals surface area contributed by atoms with Crippen molar-refractivity contribution in [1.29, 1.82) is 0 Å². The van der Waals surface area contributed by atoms with Gasteiger partial charge in [0.2, 0.25) is 0 Å². The summed E-state index contributed by atoms with van der Waals surface area (Å²) in [6, 6.07) is 12.9. The van der Waals surface area contributed by atoms with Gasteiger partial charge in [-0.2, -0.15) is 0 Å². The fourth-order valence-corrected chi connectivity index (χ4v) is 1.78. The number of carbonyl (C=O) groups excluding carboxylic acids is 1. The number of phenolic OH excluding ortho intramolecular Hbond substituents is 2. The van der Waals surface area contributed by atoms with Crippen molar-refractivity contribution in [1.82, 2.24) is 0 Å². The van der Waals surface area contributed by atoms with E-state index in [1.807, 2.05) is 12.1 Å². The van der Waals surface area contributed by atoms with Gasteiger partial charge >= 0.3 is 5.97 Å². The van der Waals surface area contributed by atoms with Crippen molar-refractivity contribution in [3.8, 4) is 11.5 Å². The quantitative estimate of drug-likeness (QED) is 0.648. The van der Waals surface area contributed by atoms with Gasteiger partial charge in [-0.1, -0.05) is 12.1 Å². The summed E-state index contributed by atoms with van der Waals surface area (Å²) in [6.07, 6.45) is 1.50. The Morgan fingerprint density at radius 1 is 0.900 bits per heavy atom. The van der Waals surface area contributed by atoms with E-state index in [2.05, 4.69) is 0 Å². The first-order chi connectivity index (χ1) is 9.65. The summed E-state index contributed by atoms with van der Waals surface area (Å²) >= 11 is 0. The molecule has 0 amide bonds. The van der Waals surface area contributed by atoms with Crippen molar-refractivity contribution in [3.63, 3.8) is 0 Å². The molecule has 0 unspecified atom stereocenters. The molecule has 2 N–H and O–H groups in total. The average Bonchev–Trinajstić information content (AvgIpc) is 2.46. The summed E-state index contributed by atoms with van der Waals surface area (Å²) in [5.74, 6) is -0.0305. The van der Waals surface area contributed by atoms with Crippen molar-refractivity contribution in [2.24, 2.45) is 0 Å². The molecule has 2 aromatic carbocycles. The van der Waals surface area contributed by atoms with Crippen molar-refractivity contribution in [3.05, 3.63) is 59.7 Å². The fraction of sp³-hybridized carbons (Fsp3) is 0.188. The Morgan fingerprint density at radius 2 is 1.45 bits per heavy atom. The van der Waals surface area contributed by atoms with E-state index in [9.17, 15) is 4.79 Å². The lowest BCUT2D eigenvalue weighted by Crippen LogP contribution is -2.06. The molecule has 0 fully saturated rings. The SMILES string of the molecule is O=C(OCCCc1ccc(O)cc1)c1ccc(O)cc1. The van der Waals surface area contributed by atoms with Gasteiger partial charge in [-0.05, 0) is 54.8 Å². The van der Waals surface area contributed by atoms with Crippen LogP contribution in [0.3, 0.4) is 0 Å². The molecule has 0 aliphatic heterocycles. The maximum atomic E-state index is 11.7. The van der Waals surface area contributed by atoms with Gasteiger partial charge in [-0.25, -0.2) is 4.79 Å². The zero-order valence-electron chi connectivity index (χ0n) is 11.0. The molecule has 2 rings (SSSR count). The lowest BCUT2D eigenvalue weighted by atomic mass is 10.1. The Balaban J connectivity index is 1.74. The lowest BCUT2D eigenvalue weighted by molar-refractivity contribution is 0.0500. The molecule has 4 nitrogen and oxygen atoms in total. The first kappa shape index (κ1) is 13.9. The Labute approximate surface area is 117 Å². The van der Waals surface area contributed by atoms with Gasteiger partial charge in [0.25, 0.3) is 0 Å². The number of aromatic hydroxyl groups is 2. The highest BCUT2D eigenvalue weighted by molar-refractivity contribution is 5.89. The molecule has 0 saturated heterocycles. The molecule has 0 radical (unpaired) electrons. The summed E-state index contributed by atoms with van der Waals surface area (Å²) in [5.41, 5.74) is 1.51. The van der Waals surface area contributed by atoms with Gasteiger partial charge < -0.3 is 14.9 Å². The Hall–Kier alpha value is -2.49. The maximum Gasteiger partial charge on any atom is 0.338 e. The summed E-state index contributed by atoms with van der Waals surface area (Å²) in [4.78, 5) is 11.7. The first-order valence-corrected chi connectivity index (χ1v) is 6.39. The monoisotopic (exact) mass is 272 g/mol. The van der Waals surface area contributed by atoms with Crippen LogP contribution in [0.5, 0.6) is 11.5 Å². The highest BCUT2D eigenvalue weighted by Crippen LogP contribution is 2.12. The average molecular weight is 272 g/mol. The Morgan fingerprint density at radius 3 is 2.05 bits per heavy atom. The molecule has 0 heterocycles. The smallest absolute Gasteiger partial charge is 0.338 e. The van der Waals surface area contributed by atoms with Crippen LogP contribution in [0.25, 0.3) is 0 Å². The summed E-state index contributed by atoms with van der Waals surface area (Å²) in [6.45, 7) is 0.334. The number of esters is 1. The van der Waals surface area contributed by atoms with Crippen LogP contribution >= 0.6 is 0 Å². The zero-order chi connectivity index (χ0) is 14.4. The number of rotatable bonds is 5. The number of hydrogen-bond donors (Lipinski definition) is 2. The van der Waals surface area contributed by atoms with Gasteiger partial charge in [0.15, 0.2) is 0 Å². The first-order valence-electron chi connectivity index (χ1n) is 6.39. The highest BCUT2D eigenvalue weighted by atomic mass is 16.5. The molecule has 4 heteroatoms. The predicted octanol–water partition coefficient (Wildman–Crippen LogP) is 2.89. The summed E-state index contributed by atoms with van der Waals surface area (Å²) in [7, 11) is 0. The standard InChI is InChI=1S/C16H16O4/c17-14-7-3-12(4-8-14)2-1-11-20-16(19)13-5-9-15(18)10-6-13/h3-10,17-18H,1-2,11H2. The number of aryl methyl sites for hydroxylation is 1. The fourth-order valence-electron chi connectivity index (χ4n) is 1.78. The van der Waals surface area contributed by atoms with Crippen LogP contribution in [0, 0.1) is 0 Å². The molecule has 20 heavy (non-hydrogen) atoms. The number of benzene rings is 2. The van der Waals surface area contributed by atoms with E-state index in [0.717, 1.165) is 12.0 Å². The minimum absolute atomic E-state index is 0.119. The summed E-state index contributed by atoms with van der Waals surface area (Å²) < 4.78 is 5.14.